The molecule has 110 valence electrons. The average molecular weight is 276 g/mol. The van der Waals surface area contributed by atoms with E-state index in [2.05, 4.69) is 24.4 Å². The lowest BCUT2D eigenvalue weighted by molar-refractivity contribution is -0.122. The third-order valence-electron chi connectivity index (χ3n) is 3.83. The van der Waals surface area contributed by atoms with Gasteiger partial charge in [-0.3, -0.25) is 9.69 Å². The van der Waals surface area contributed by atoms with Crippen molar-refractivity contribution in [2.24, 2.45) is 0 Å². The summed E-state index contributed by atoms with van der Waals surface area (Å²) in [6.07, 6.45) is 2.41. The van der Waals surface area contributed by atoms with Crippen LogP contribution in [-0.2, 0) is 11.2 Å². The number of hydrogen-bond donors (Lipinski definition) is 2. The maximum Gasteiger partial charge on any atom is 0.234 e. The van der Waals surface area contributed by atoms with Crippen molar-refractivity contribution in [2.75, 3.05) is 26.2 Å². The molecule has 0 aliphatic carbocycles. The second-order valence-corrected chi connectivity index (χ2v) is 5.56. The molecule has 0 radical (unpaired) electrons. The van der Waals surface area contributed by atoms with Crippen molar-refractivity contribution in [3.8, 4) is 0 Å². The smallest absolute Gasteiger partial charge is 0.234 e. The summed E-state index contributed by atoms with van der Waals surface area (Å²) < 4.78 is 0. The lowest BCUT2D eigenvalue weighted by Crippen LogP contribution is -2.44. The second-order valence-electron chi connectivity index (χ2n) is 5.56. The predicted molar refractivity (Wildman–Crippen MR) is 79.6 cm³/mol. The number of hydrogen-bond acceptors (Lipinski definition) is 3. The molecular formula is C16H24N2O2. The lowest BCUT2D eigenvalue weighted by Gasteiger charge is -2.29. The molecule has 1 aromatic rings. The van der Waals surface area contributed by atoms with Crippen LogP contribution in [0.5, 0.6) is 0 Å². The van der Waals surface area contributed by atoms with Gasteiger partial charge in [0.25, 0.3) is 0 Å². The number of benzene rings is 1. The highest BCUT2D eigenvalue weighted by molar-refractivity contribution is 5.78. The van der Waals surface area contributed by atoms with E-state index in [-0.39, 0.29) is 12.0 Å². The van der Waals surface area contributed by atoms with Gasteiger partial charge in [0, 0.05) is 13.1 Å². The highest BCUT2D eigenvalue weighted by Gasteiger charge is 2.19. The van der Waals surface area contributed by atoms with E-state index in [1.54, 1.807) is 0 Å². The van der Waals surface area contributed by atoms with Crippen LogP contribution in [0.15, 0.2) is 24.3 Å². The molecular weight excluding hydrogens is 252 g/mol. The van der Waals surface area contributed by atoms with E-state index in [1.807, 2.05) is 17.0 Å². The van der Waals surface area contributed by atoms with E-state index in [0.29, 0.717) is 19.6 Å². The number of carbonyl (C=O) groups is 1. The lowest BCUT2D eigenvalue weighted by atomic mass is 10.1. The van der Waals surface area contributed by atoms with Crippen LogP contribution in [0.4, 0.5) is 0 Å². The molecule has 1 heterocycles. The summed E-state index contributed by atoms with van der Waals surface area (Å²) in [6, 6.07) is 8.24. The van der Waals surface area contributed by atoms with Gasteiger partial charge in [0.2, 0.25) is 5.91 Å². The summed E-state index contributed by atoms with van der Waals surface area (Å²) in [7, 11) is 0. The molecule has 2 rings (SSSR count). The summed E-state index contributed by atoms with van der Waals surface area (Å²) in [5.74, 6) is 0.0488. The fraction of sp³-hybridized carbons (Fsp3) is 0.562. The van der Waals surface area contributed by atoms with Crippen molar-refractivity contribution in [1.29, 1.82) is 0 Å². The summed E-state index contributed by atoms with van der Waals surface area (Å²) in [4.78, 5) is 13.9. The quantitative estimate of drug-likeness (QED) is 0.847. The Kier molecular flexibility index (Phi) is 5.56. The molecule has 0 saturated carbocycles. The Bertz CT molecular complexity index is 448. The van der Waals surface area contributed by atoms with Crippen molar-refractivity contribution in [2.45, 2.75) is 32.3 Å². The zero-order valence-electron chi connectivity index (χ0n) is 12.1. The minimum Gasteiger partial charge on any atom is -0.392 e. The largest absolute Gasteiger partial charge is 0.392 e. The van der Waals surface area contributed by atoms with Gasteiger partial charge in [-0.1, -0.05) is 24.3 Å². The van der Waals surface area contributed by atoms with Gasteiger partial charge in [0.05, 0.1) is 12.6 Å². The number of aliphatic hydroxyl groups is 1. The molecule has 4 nitrogen and oxygen atoms in total. The normalized spacial score (nSPS) is 19.8. The summed E-state index contributed by atoms with van der Waals surface area (Å²) >= 11 is 0. The molecule has 4 heteroatoms. The monoisotopic (exact) mass is 276 g/mol. The second kappa shape index (κ2) is 7.41. The zero-order chi connectivity index (χ0) is 14.4. The van der Waals surface area contributed by atoms with E-state index in [1.165, 1.54) is 11.1 Å². The molecule has 0 bridgehead atoms. The van der Waals surface area contributed by atoms with Crippen LogP contribution in [0.2, 0.25) is 0 Å². The first-order chi connectivity index (χ1) is 9.65. The summed E-state index contributed by atoms with van der Waals surface area (Å²) in [5.41, 5.74) is 2.54. The standard InChI is InChI=1S/C16H24N2O2/c1-13-5-2-3-6-14(13)8-9-17-16(20)12-18-10-4-7-15(19)11-18/h2-3,5-6,15,19H,4,7-12H2,1H3,(H,17,20). The number of piperidine rings is 1. The van der Waals surface area contributed by atoms with Crippen molar-refractivity contribution in [1.82, 2.24) is 10.2 Å². The third-order valence-corrected chi connectivity index (χ3v) is 3.83. The highest BCUT2D eigenvalue weighted by Crippen LogP contribution is 2.09. The first-order valence-corrected chi connectivity index (χ1v) is 7.37. The van der Waals surface area contributed by atoms with Crippen molar-refractivity contribution in [3.63, 3.8) is 0 Å². The van der Waals surface area contributed by atoms with E-state index >= 15 is 0 Å². The van der Waals surface area contributed by atoms with Gasteiger partial charge < -0.3 is 10.4 Å². The molecule has 1 fully saturated rings. The number of nitrogens with zero attached hydrogens (tertiary/aromatic N) is 1. The molecule has 1 saturated heterocycles. The number of β-amino-alcohol motifs (C(OH)–C–C–N with tert-alkyl or cyclic N) is 1. The van der Waals surface area contributed by atoms with Crippen LogP contribution in [0, 0.1) is 6.92 Å². The molecule has 2 N–H and O–H groups in total. The fourth-order valence-electron chi connectivity index (χ4n) is 2.66. The SMILES string of the molecule is Cc1ccccc1CCNC(=O)CN1CCCC(O)C1. The Labute approximate surface area is 120 Å². The first-order valence-electron chi connectivity index (χ1n) is 7.37. The Morgan fingerprint density at radius 3 is 3.00 bits per heavy atom. The van der Waals surface area contributed by atoms with Gasteiger partial charge in [0.1, 0.15) is 0 Å². The fourth-order valence-corrected chi connectivity index (χ4v) is 2.66. The maximum absolute atomic E-state index is 11.9. The molecule has 1 aliphatic heterocycles. The molecule has 0 spiro atoms. The van der Waals surface area contributed by atoms with Crippen molar-refractivity contribution >= 4 is 5.91 Å². The Hall–Kier alpha value is -1.39. The van der Waals surface area contributed by atoms with Crippen LogP contribution < -0.4 is 5.32 Å². The van der Waals surface area contributed by atoms with Gasteiger partial charge >= 0.3 is 0 Å². The van der Waals surface area contributed by atoms with Crippen LogP contribution in [-0.4, -0.2) is 48.2 Å². The number of carbonyl (C=O) groups excluding carboxylic acids is 1. The Balaban J connectivity index is 1.69. The molecule has 1 amide bonds. The summed E-state index contributed by atoms with van der Waals surface area (Å²) in [5, 5.41) is 12.5. The molecule has 1 aromatic carbocycles. The van der Waals surface area contributed by atoms with Crippen LogP contribution in [0.3, 0.4) is 0 Å². The number of nitrogens with one attached hydrogen (secondary N) is 1. The Morgan fingerprint density at radius 1 is 1.45 bits per heavy atom. The maximum atomic E-state index is 11.9. The van der Waals surface area contributed by atoms with Gasteiger partial charge in [-0.2, -0.15) is 0 Å². The molecule has 1 atom stereocenters. The van der Waals surface area contributed by atoms with E-state index in [0.717, 1.165) is 25.8 Å². The third kappa shape index (κ3) is 4.62. The van der Waals surface area contributed by atoms with E-state index in [9.17, 15) is 9.90 Å². The topological polar surface area (TPSA) is 52.6 Å². The van der Waals surface area contributed by atoms with Gasteiger partial charge in [-0.15, -0.1) is 0 Å². The summed E-state index contributed by atoms with van der Waals surface area (Å²) in [6.45, 7) is 4.67. The van der Waals surface area contributed by atoms with Gasteiger partial charge in [-0.05, 0) is 43.9 Å². The molecule has 0 aromatic heterocycles. The first kappa shape index (κ1) is 15.0. The van der Waals surface area contributed by atoms with Crippen molar-refractivity contribution in [3.05, 3.63) is 35.4 Å². The minimum absolute atomic E-state index is 0.0488. The Morgan fingerprint density at radius 2 is 2.25 bits per heavy atom. The van der Waals surface area contributed by atoms with Crippen LogP contribution >= 0.6 is 0 Å². The molecule has 20 heavy (non-hydrogen) atoms. The van der Waals surface area contributed by atoms with Crippen LogP contribution in [0.25, 0.3) is 0 Å². The van der Waals surface area contributed by atoms with E-state index in [4.69, 9.17) is 0 Å². The minimum atomic E-state index is -0.275. The predicted octanol–water partition coefficient (Wildman–Crippen LogP) is 1.11. The zero-order valence-corrected chi connectivity index (χ0v) is 12.1. The highest BCUT2D eigenvalue weighted by atomic mass is 16.3. The molecule has 1 unspecified atom stereocenters. The van der Waals surface area contributed by atoms with Crippen molar-refractivity contribution < 1.29 is 9.90 Å². The number of aliphatic hydroxyl groups excluding tert-OH is 1. The molecule has 1 aliphatic rings. The van der Waals surface area contributed by atoms with Gasteiger partial charge in [0.15, 0.2) is 0 Å². The number of amides is 1. The number of aryl methyl sites for hydroxylation is 1. The van der Waals surface area contributed by atoms with Gasteiger partial charge in [-0.25, -0.2) is 0 Å². The van der Waals surface area contributed by atoms with E-state index < -0.39 is 0 Å². The number of likely N-dealkylation sites (tertiary alicyclic amines) is 1. The average Bonchev–Trinajstić information content (AvgIpc) is 2.41. The number of rotatable bonds is 5. The van der Waals surface area contributed by atoms with Crippen LogP contribution in [0.1, 0.15) is 24.0 Å².